The van der Waals surface area contributed by atoms with Gasteiger partial charge in [-0.2, -0.15) is 0 Å². The van der Waals surface area contributed by atoms with Crippen LogP contribution in [0.25, 0.3) is 22.6 Å². The average molecular weight is 466 g/mol. The van der Waals surface area contributed by atoms with Gasteiger partial charge in [-0.3, -0.25) is 15.1 Å². The van der Waals surface area contributed by atoms with Crippen molar-refractivity contribution in [2.24, 2.45) is 4.99 Å². The lowest BCUT2D eigenvalue weighted by molar-refractivity contribution is -0.385. The van der Waals surface area contributed by atoms with Gasteiger partial charge in [0.15, 0.2) is 5.58 Å². The molecule has 0 spiro atoms. The molecule has 1 aromatic heterocycles. The maximum absolute atomic E-state index is 11.1. The molecule has 0 fully saturated rings. The van der Waals surface area contributed by atoms with Crippen molar-refractivity contribution in [3.63, 3.8) is 0 Å². The van der Waals surface area contributed by atoms with Crippen molar-refractivity contribution in [1.82, 2.24) is 4.98 Å². The molecule has 1 heterocycles. The summed E-state index contributed by atoms with van der Waals surface area (Å²) in [5.74, 6) is 0.363. The maximum atomic E-state index is 11.1. The molecule has 7 nitrogen and oxygen atoms in total. The molecule has 0 aliphatic rings. The number of oxazole rings is 1. The van der Waals surface area contributed by atoms with E-state index in [1.54, 1.807) is 12.1 Å². The number of aliphatic imine (C=N–C) groups is 1. The zero-order valence-electron chi connectivity index (χ0n) is 16.1. The van der Waals surface area contributed by atoms with E-state index >= 15 is 0 Å². The predicted octanol–water partition coefficient (Wildman–Crippen LogP) is 6.24. The van der Waals surface area contributed by atoms with Gasteiger partial charge in [-0.15, -0.1) is 0 Å². The summed E-state index contributed by atoms with van der Waals surface area (Å²) in [6.07, 6.45) is 1.38. The first-order chi connectivity index (χ1) is 14.3. The van der Waals surface area contributed by atoms with Gasteiger partial charge in [0.1, 0.15) is 11.3 Å². The third-order valence-electron chi connectivity index (χ3n) is 4.55. The monoisotopic (exact) mass is 465 g/mol. The highest BCUT2D eigenvalue weighted by Gasteiger charge is 2.14. The summed E-state index contributed by atoms with van der Waals surface area (Å²) in [6, 6.07) is 13.8. The van der Waals surface area contributed by atoms with E-state index in [4.69, 9.17) is 4.42 Å². The fraction of sp³-hybridized carbons (Fsp3) is 0.0909. The minimum Gasteiger partial charge on any atom is -0.506 e. The Labute approximate surface area is 180 Å². The van der Waals surface area contributed by atoms with Crippen LogP contribution in [0, 0.1) is 24.0 Å². The number of aromatic nitrogens is 1. The highest BCUT2D eigenvalue weighted by atomic mass is 79.9. The van der Waals surface area contributed by atoms with E-state index in [9.17, 15) is 15.2 Å². The van der Waals surface area contributed by atoms with Crippen molar-refractivity contribution in [1.29, 1.82) is 0 Å². The van der Waals surface area contributed by atoms with Crippen molar-refractivity contribution in [2.45, 2.75) is 13.8 Å². The number of halogens is 1. The quantitative estimate of drug-likeness (QED) is 0.218. The number of benzene rings is 3. The molecule has 4 rings (SSSR count). The van der Waals surface area contributed by atoms with Crippen LogP contribution in [-0.4, -0.2) is 21.2 Å². The van der Waals surface area contributed by atoms with Gasteiger partial charge in [-0.25, -0.2) is 4.98 Å². The second-order valence-electron chi connectivity index (χ2n) is 6.88. The molecule has 0 atom stereocenters. The van der Waals surface area contributed by atoms with Crippen molar-refractivity contribution >= 4 is 44.6 Å². The number of aromatic hydroxyl groups is 1. The Bertz CT molecular complexity index is 1330. The first-order valence-electron chi connectivity index (χ1n) is 9.01. The number of nitro groups is 1. The van der Waals surface area contributed by atoms with Gasteiger partial charge >= 0.3 is 0 Å². The molecule has 0 amide bonds. The minimum atomic E-state index is -0.529. The first-order valence-corrected chi connectivity index (χ1v) is 9.80. The number of non-ortho nitro benzene ring substituents is 1. The van der Waals surface area contributed by atoms with Gasteiger partial charge in [0.05, 0.1) is 15.1 Å². The van der Waals surface area contributed by atoms with Crippen molar-refractivity contribution in [3.8, 4) is 17.2 Å². The number of rotatable bonds is 4. The van der Waals surface area contributed by atoms with Crippen LogP contribution in [0.5, 0.6) is 5.75 Å². The molecule has 0 saturated carbocycles. The SMILES string of the molecule is Cc1cc(C)c2oc(-c3cccc(N=Cc4cc([N+](=O)[O-])cc(Br)c4O)c3)nc2c1. The molecule has 0 aliphatic heterocycles. The molecule has 3 aromatic carbocycles. The topological polar surface area (TPSA) is 102 Å². The Morgan fingerprint density at radius 1 is 1.20 bits per heavy atom. The van der Waals surface area contributed by atoms with Crippen LogP contribution in [-0.2, 0) is 0 Å². The highest BCUT2D eigenvalue weighted by molar-refractivity contribution is 9.10. The smallest absolute Gasteiger partial charge is 0.271 e. The van der Waals surface area contributed by atoms with E-state index in [0.29, 0.717) is 11.6 Å². The summed E-state index contributed by atoms with van der Waals surface area (Å²) in [5.41, 5.74) is 5.10. The predicted molar refractivity (Wildman–Crippen MR) is 119 cm³/mol. The summed E-state index contributed by atoms with van der Waals surface area (Å²) < 4.78 is 6.18. The van der Waals surface area contributed by atoms with Crippen molar-refractivity contribution < 1.29 is 14.4 Å². The molecule has 30 heavy (non-hydrogen) atoms. The first kappa shape index (κ1) is 19.8. The van der Waals surface area contributed by atoms with Gasteiger partial charge in [0.25, 0.3) is 5.69 Å². The maximum Gasteiger partial charge on any atom is 0.271 e. The third-order valence-corrected chi connectivity index (χ3v) is 5.16. The van der Waals surface area contributed by atoms with Crippen molar-refractivity contribution in [3.05, 3.63) is 79.8 Å². The summed E-state index contributed by atoms with van der Waals surface area (Å²) in [6.45, 7) is 3.99. The van der Waals surface area contributed by atoms with E-state index in [1.165, 1.54) is 18.3 Å². The molecule has 1 N–H and O–H groups in total. The van der Waals surface area contributed by atoms with Crippen LogP contribution in [0.3, 0.4) is 0 Å². The minimum absolute atomic E-state index is 0.120. The number of aryl methyl sites for hydroxylation is 2. The van der Waals surface area contributed by atoms with E-state index in [-0.39, 0.29) is 21.5 Å². The van der Waals surface area contributed by atoms with E-state index < -0.39 is 4.92 Å². The standard InChI is InChI=1S/C22H16BrN3O4/c1-12-6-13(2)21-19(7-12)25-22(30-21)14-4-3-5-16(8-14)24-11-15-9-17(26(28)29)10-18(23)20(15)27/h3-11,27H,1-2H3. The molecule has 0 aliphatic carbocycles. The lowest BCUT2D eigenvalue weighted by Crippen LogP contribution is -1.91. The zero-order valence-corrected chi connectivity index (χ0v) is 17.7. The fourth-order valence-corrected chi connectivity index (χ4v) is 3.64. The highest BCUT2D eigenvalue weighted by Crippen LogP contribution is 2.33. The van der Waals surface area contributed by atoms with Crippen LogP contribution < -0.4 is 0 Å². The van der Waals surface area contributed by atoms with Crippen LogP contribution >= 0.6 is 15.9 Å². The Balaban J connectivity index is 1.70. The summed E-state index contributed by atoms with van der Waals surface area (Å²) >= 11 is 3.12. The lowest BCUT2D eigenvalue weighted by atomic mass is 10.1. The molecule has 0 unspecified atom stereocenters. The van der Waals surface area contributed by atoms with Crippen LogP contribution in [0.1, 0.15) is 16.7 Å². The fourth-order valence-electron chi connectivity index (χ4n) is 3.17. The molecule has 8 heteroatoms. The molecule has 150 valence electrons. The number of nitrogens with zero attached hydrogens (tertiary/aromatic N) is 3. The molecular formula is C22H16BrN3O4. The second kappa shape index (κ2) is 7.72. The van der Waals surface area contributed by atoms with Crippen LogP contribution in [0.4, 0.5) is 11.4 Å². The largest absolute Gasteiger partial charge is 0.506 e. The Morgan fingerprint density at radius 3 is 2.77 bits per heavy atom. The molecule has 0 radical (unpaired) electrons. The van der Waals surface area contributed by atoms with E-state index in [1.807, 2.05) is 38.1 Å². The summed E-state index contributed by atoms with van der Waals surface area (Å²) in [7, 11) is 0. The van der Waals surface area contributed by atoms with Gasteiger partial charge in [-0.05, 0) is 65.2 Å². The van der Waals surface area contributed by atoms with Crippen LogP contribution in [0.15, 0.2) is 62.4 Å². The molecule has 4 aromatic rings. The molecule has 0 saturated heterocycles. The number of fused-ring (bicyclic) bond motifs is 1. The average Bonchev–Trinajstić information content (AvgIpc) is 3.13. The van der Waals surface area contributed by atoms with Gasteiger partial charge in [-0.1, -0.05) is 12.1 Å². The second-order valence-corrected chi connectivity index (χ2v) is 7.73. The number of phenolic OH excluding ortho intramolecular Hbond substituents is 1. The van der Waals surface area contributed by atoms with Gasteiger partial charge in [0, 0.05) is 29.5 Å². The Hall–Kier alpha value is -3.52. The molecule has 0 bridgehead atoms. The molecular weight excluding hydrogens is 450 g/mol. The van der Waals surface area contributed by atoms with Gasteiger partial charge in [0.2, 0.25) is 5.89 Å². The van der Waals surface area contributed by atoms with Crippen molar-refractivity contribution in [2.75, 3.05) is 0 Å². The summed E-state index contributed by atoms with van der Waals surface area (Å²) in [5, 5.41) is 21.2. The third kappa shape index (κ3) is 3.81. The normalized spacial score (nSPS) is 11.4. The number of phenols is 1. The Kier molecular flexibility index (Phi) is 5.09. The lowest BCUT2D eigenvalue weighted by Gasteiger charge is -2.02. The van der Waals surface area contributed by atoms with E-state index in [0.717, 1.165) is 27.8 Å². The zero-order chi connectivity index (χ0) is 21.4. The van der Waals surface area contributed by atoms with Crippen LogP contribution in [0.2, 0.25) is 0 Å². The number of nitro benzene ring substituents is 1. The number of hydrogen-bond acceptors (Lipinski definition) is 6. The number of hydrogen-bond donors (Lipinski definition) is 1. The van der Waals surface area contributed by atoms with Gasteiger partial charge < -0.3 is 9.52 Å². The Morgan fingerprint density at radius 2 is 2.00 bits per heavy atom. The summed E-state index contributed by atoms with van der Waals surface area (Å²) in [4.78, 5) is 19.5. The van der Waals surface area contributed by atoms with E-state index in [2.05, 4.69) is 25.9 Å².